The third-order valence-electron chi connectivity index (χ3n) is 10.7. The average molecular weight is 535 g/mol. The van der Waals surface area contributed by atoms with Crippen molar-refractivity contribution in [2.24, 2.45) is 23.2 Å². The highest BCUT2D eigenvalue weighted by molar-refractivity contribution is 7.89. The smallest absolute Gasteiger partial charge is 0.244 e. The second-order valence-electron chi connectivity index (χ2n) is 13.1. The van der Waals surface area contributed by atoms with Gasteiger partial charge in [0.25, 0.3) is 0 Å². The summed E-state index contributed by atoms with van der Waals surface area (Å²) in [7, 11) is -3.91. The lowest BCUT2D eigenvalue weighted by molar-refractivity contribution is -0.130. The second kappa shape index (κ2) is 9.19. The maximum absolute atomic E-state index is 14.4. The Morgan fingerprint density at radius 3 is 2.00 bits per heavy atom. The van der Waals surface area contributed by atoms with Gasteiger partial charge in [0.05, 0.1) is 4.90 Å². The molecule has 0 unspecified atom stereocenters. The fourth-order valence-electron chi connectivity index (χ4n) is 8.83. The molecule has 1 heterocycles. The molecule has 1 aliphatic heterocycles. The summed E-state index contributed by atoms with van der Waals surface area (Å²) in [4.78, 5) is 14.4. The summed E-state index contributed by atoms with van der Waals surface area (Å²) in [6.45, 7) is 10.1. The normalized spacial score (nSPS) is 31.2. The first-order valence-electron chi connectivity index (χ1n) is 14.4. The van der Waals surface area contributed by atoms with E-state index < -0.39 is 16.1 Å². The molecule has 2 aromatic rings. The fraction of sp³-hybridized carbons (Fsp3) is 0.594. The van der Waals surface area contributed by atoms with Crippen molar-refractivity contribution in [3.05, 3.63) is 63.7 Å². The number of hydrogen-bond donors (Lipinski definition) is 1. The van der Waals surface area contributed by atoms with Gasteiger partial charge in [-0.3, -0.25) is 4.79 Å². The highest BCUT2D eigenvalue weighted by Crippen LogP contribution is 2.61. The summed E-state index contributed by atoms with van der Waals surface area (Å²) < 4.78 is 30.3. The van der Waals surface area contributed by atoms with E-state index in [0.29, 0.717) is 11.3 Å². The Morgan fingerprint density at radius 2 is 1.45 bits per heavy atom. The molecular weight excluding hydrogens is 492 g/mol. The van der Waals surface area contributed by atoms with Crippen LogP contribution in [0.3, 0.4) is 0 Å². The van der Waals surface area contributed by atoms with Crippen molar-refractivity contribution in [2.45, 2.75) is 103 Å². The van der Waals surface area contributed by atoms with E-state index in [1.807, 2.05) is 58.0 Å². The van der Waals surface area contributed by atoms with Crippen LogP contribution >= 0.6 is 0 Å². The molecule has 4 aliphatic carbocycles. The van der Waals surface area contributed by atoms with Crippen LogP contribution in [0.25, 0.3) is 0 Å². The van der Waals surface area contributed by atoms with Gasteiger partial charge in [-0.05, 0) is 136 Å². The Morgan fingerprint density at radius 1 is 0.921 bits per heavy atom. The van der Waals surface area contributed by atoms with Gasteiger partial charge in [0.2, 0.25) is 15.9 Å². The summed E-state index contributed by atoms with van der Waals surface area (Å²) in [6, 6.07) is 9.30. The molecule has 0 spiro atoms. The van der Waals surface area contributed by atoms with Crippen molar-refractivity contribution < 1.29 is 13.2 Å². The lowest BCUT2D eigenvalue weighted by atomic mass is 9.48. The Bertz CT molecular complexity index is 1330. The molecule has 4 saturated carbocycles. The maximum atomic E-state index is 14.4. The molecule has 0 aromatic heterocycles. The van der Waals surface area contributed by atoms with E-state index in [1.165, 1.54) is 42.8 Å². The summed E-state index contributed by atoms with van der Waals surface area (Å²) >= 11 is 0. The van der Waals surface area contributed by atoms with Crippen LogP contribution in [-0.2, 0) is 27.8 Å². The zero-order valence-electron chi connectivity index (χ0n) is 23.5. The van der Waals surface area contributed by atoms with Crippen LogP contribution < -0.4 is 5.32 Å². The highest BCUT2D eigenvalue weighted by Gasteiger charge is 2.54. The summed E-state index contributed by atoms with van der Waals surface area (Å²) in [5, 5.41) is 3.40. The van der Waals surface area contributed by atoms with E-state index in [-0.39, 0.29) is 23.9 Å². The van der Waals surface area contributed by atoms with Gasteiger partial charge in [-0.15, -0.1) is 0 Å². The van der Waals surface area contributed by atoms with E-state index in [4.69, 9.17) is 0 Å². The van der Waals surface area contributed by atoms with E-state index in [2.05, 4.69) is 12.2 Å². The second-order valence-corrected chi connectivity index (χ2v) is 15.0. The van der Waals surface area contributed by atoms with Crippen LogP contribution in [-0.4, -0.2) is 30.7 Å². The molecule has 38 heavy (non-hydrogen) atoms. The van der Waals surface area contributed by atoms with Gasteiger partial charge in [0, 0.05) is 12.6 Å². The SMILES string of the molecule is Cc1cc(C)c(C)c(S(=O)(=O)N2Cc3ccccc3C[C@H]2C(=O)N[C@@H](C)C23CC4CC(CC(C4)C2)C3)c1C. The Labute approximate surface area is 228 Å². The van der Waals surface area contributed by atoms with Gasteiger partial charge in [-0.2, -0.15) is 4.31 Å². The Kier molecular flexibility index (Phi) is 6.31. The Hall–Kier alpha value is -2.18. The highest BCUT2D eigenvalue weighted by atomic mass is 32.2. The van der Waals surface area contributed by atoms with Gasteiger partial charge < -0.3 is 5.32 Å². The van der Waals surface area contributed by atoms with Gasteiger partial charge in [-0.1, -0.05) is 30.3 Å². The van der Waals surface area contributed by atoms with Gasteiger partial charge >= 0.3 is 0 Å². The Balaban J connectivity index is 1.34. The zero-order valence-corrected chi connectivity index (χ0v) is 24.3. The molecule has 2 atom stereocenters. The van der Waals surface area contributed by atoms with Crippen LogP contribution in [0.5, 0.6) is 0 Å². The van der Waals surface area contributed by atoms with E-state index in [0.717, 1.165) is 51.1 Å². The van der Waals surface area contributed by atoms with Gasteiger partial charge in [0.1, 0.15) is 6.04 Å². The van der Waals surface area contributed by atoms with Crippen molar-refractivity contribution in [3.8, 4) is 0 Å². The molecule has 7 rings (SSSR count). The zero-order chi connectivity index (χ0) is 27.0. The third kappa shape index (κ3) is 4.14. The first-order chi connectivity index (χ1) is 18.0. The van der Waals surface area contributed by atoms with Crippen molar-refractivity contribution in [3.63, 3.8) is 0 Å². The van der Waals surface area contributed by atoms with Crippen LogP contribution in [0, 0.1) is 50.9 Å². The molecule has 2 aromatic carbocycles. The molecular formula is C32H42N2O3S. The number of sulfonamides is 1. The minimum Gasteiger partial charge on any atom is -0.352 e. The number of benzene rings is 2. The quantitative estimate of drug-likeness (QED) is 0.531. The molecule has 4 bridgehead atoms. The van der Waals surface area contributed by atoms with Crippen molar-refractivity contribution in [1.29, 1.82) is 0 Å². The van der Waals surface area contributed by atoms with Crippen LogP contribution in [0.1, 0.15) is 78.8 Å². The predicted octanol–water partition coefficient (Wildman–Crippen LogP) is 5.76. The minimum absolute atomic E-state index is 0.0508. The number of hydrogen-bond acceptors (Lipinski definition) is 3. The lowest BCUT2D eigenvalue weighted by Crippen LogP contribution is -2.59. The minimum atomic E-state index is -3.91. The van der Waals surface area contributed by atoms with E-state index >= 15 is 0 Å². The number of rotatable bonds is 5. The van der Waals surface area contributed by atoms with Crippen LogP contribution in [0.2, 0.25) is 0 Å². The van der Waals surface area contributed by atoms with Crippen LogP contribution in [0.15, 0.2) is 35.2 Å². The number of amides is 1. The number of carbonyl (C=O) groups excluding carboxylic acids is 1. The standard InChI is InChI=1S/C32H42N2O3S/c1-19-10-20(2)22(4)30(21(19)3)38(36,37)34-18-28-9-7-6-8-27(28)14-29(34)31(35)33-23(5)32-15-24-11-25(16-32)13-26(12-24)17-32/h6-10,23-26,29H,11-18H2,1-5H3,(H,33,35)/t23-,24?,25?,26?,29-,32?/m0/s1. The van der Waals surface area contributed by atoms with E-state index in [1.54, 1.807) is 0 Å². The average Bonchev–Trinajstić information content (AvgIpc) is 2.86. The van der Waals surface area contributed by atoms with Gasteiger partial charge in [0.15, 0.2) is 0 Å². The summed E-state index contributed by atoms with van der Waals surface area (Å²) in [5.74, 6) is 2.25. The fourth-order valence-corrected chi connectivity index (χ4v) is 11.0. The monoisotopic (exact) mass is 534 g/mol. The number of nitrogens with zero attached hydrogens (tertiary/aromatic N) is 1. The molecule has 5 nitrogen and oxygen atoms in total. The van der Waals surface area contributed by atoms with Crippen molar-refractivity contribution in [2.75, 3.05) is 0 Å². The largest absolute Gasteiger partial charge is 0.352 e. The lowest BCUT2D eigenvalue weighted by Gasteiger charge is -2.59. The molecule has 0 radical (unpaired) electrons. The number of aryl methyl sites for hydroxylation is 2. The number of carbonyl (C=O) groups is 1. The molecule has 5 aliphatic rings. The first kappa shape index (κ1) is 26.1. The van der Waals surface area contributed by atoms with Crippen LogP contribution in [0.4, 0.5) is 0 Å². The predicted molar refractivity (Wildman–Crippen MR) is 150 cm³/mol. The molecule has 4 fully saturated rings. The third-order valence-corrected chi connectivity index (χ3v) is 12.9. The van der Waals surface area contributed by atoms with Crippen molar-refractivity contribution in [1.82, 2.24) is 9.62 Å². The molecule has 204 valence electrons. The molecule has 0 saturated heterocycles. The topological polar surface area (TPSA) is 66.5 Å². The number of fused-ring (bicyclic) bond motifs is 1. The maximum Gasteiger partial charge on any atom is 0.244 e. The van der Waals surface area contributed by atoms with E-state index in [9.17, 15) is 13.2 Å². The molecule has 6 heteroatoms. The summed E-state index contributed by atoms with van der Waals surface area (Å²) in [5.41, 5.74) is 5.67. The molecule has 1 N–H and O–H groups in total. The number of nitrogens with one attached hydrogen (secondary N) is 1. The van der Waals surface area contributed by atoms with Crippen molar-refractivity contribution >= 4 is 15.9 Å². The van der Waals surface area contributed by atoms with Gasteiger partial charge in [-0.25, -0.2) is 8.42 Å². The first-order valence-corrected chi connectivity index (χ1v) is 15.9. The molecule has 1 amide bonds. The summed E-state index contributed by atoms with van der Waals surface area (Å²) in [6.07, 6.45) is 8.10.